The Morgan fingerprint density at radius 3 is 2.15 bits per heavy atom. The molecule has 12 nitrogen and oxygen atoms in total. The fourth-order valence-corrected chi connectivity index (χ4v) is 5.69. The van der Waals surface area contributed by atoms with Crippen LogP contribution in [0.15, 0.2) is 54.6 Å². The van der Waals surface area contributed by atoms with Gasteiger partial charge in [-0.25, -0.2) is 4.79 Å². The molecular weight excluding hydrogens is 630 g/mol. The van der Waals surface area contributed by atoms with Gasteiger partial charge in [0.15, 0.2) is 0 Å². The lowest BCUT2D eigenvalue weighted by Crippen LogP contribution is -2.48. The molecule has 47 heavy (non-hydrogen) atoms. The maximum Gasteiger partial charge on any atom is 0.325 e. The summed E-state index contributed by atoms with van der Waals surface area (Å²) in [5, 5.41) is 12.3. The van der Waals surface area contributed by atoms with Crippen molar-refractivity contribution in [1.82, 2.24) is 15.1 Å². The van der Waals surface area contributed by atoms with Crippen molar-refractivity contribution in [2.45, 2.75) is 32.4 Å². The van der Waals surface area contributed by atoms with Gasteiger partial charge in [-0.05, 0) is 48.2 Å². The van der Waals surface area contributed by atoms with Gasteiger partial charge in [0.1, 0.15) is 29.5 Å². The lowest BCUT2D eigenvalue weighted by molar-refractivity contribution is -0.136. The SMILES string of the molecule is COc1cc(OC)c(CN2C[C@@H](Cc3cc(Cl)ccc3OC)C(=O)N(C(=O)N[C@@H](C)c3ccc(CC(=O)O)cc3)CC2=O)c(OC)c1. The van der Waals surface area contributed by atoms with E-state index in [1.54, 1.807) is 61.5 Å². The van der Waals surface area contributed by atoms with E-state index in [4.69, 9.17) is 35.7 Å². The molecule has 13 heteroatoms. The Bertz CT molecular complexity index is 1600. The molecule has 3 aromatic rings. The van der Waals surface area contributed by atoms with Crippen molar-refractivity contribution in [1.29, 1.82) is 0 Å². The van der Waals surface area contributed by atoms with E-state index in [2.05, 4.69) is 5.32 Å². The van der Waals surface area contributed by atoms with Gasteiger partial charge < -0.3 is 34.3 Å². The number of carbonyl (C=O) groups is 4. The van der Waals surface area contributed by atoms with Crippen molar-refractivity contribution < 1.29 is 43.2 Å². The smallest absolute Gasteiger partial charge is 0.325 e. The summed E-state index contributed by atoms with van der Waals surface area (Å²) in [4.78, 5) is 55.1. The van der Waals surface area contributed by atoms with Crippen molar-refractivity contribution in [2.24, 2.45) is 5.92 Å². The molecule has 2 N–H and O–H groups in total. The number of hydrogen-bond donors (Lipinski definition) is 2. The molecule has 1 saturated heterocycles. The summed E-state index contributed by atoms with van der Waals surface area (Å²) in [5.74, 6) is -0.937. The summed E-state index contributed by atoms with van der Waals surface area (Å²) in [5.41, 5.74) is 2.51. The van der Waals surface area contributed by atoms with Crippen molar-refractivity contribution in [2.75, 3.05) is 41.5 Å². The van der Waals surface area contributed by atoms with E-state index in [1.807, 2.05) is 0 Å². The van der Waals surface area contributed by atoms with Crippen LogP contribution in [-0.2, 0) is 33.8 Å². The normalized spacial score (nSPS) is 15.5. The predicted octanol–water partition coefficient (Wildman–Crippen LogP) is 4.50. The summed E-state index contributed by atoms with van der Waals surface area (Å²) in [6.45, 7) is 1.24. The van der Waals surface area contributed by atoms with Gasteiger partial charge in [-0.1, -0.05) is 35.9 Å². The second-order valence-electron chi connectivity index (χ2n) is 11.0. The molecule has 4 rings (SSSR count). The molecule has 250 valence electrons. The average molecular weight is 668 g/mol. The monoisotopic (exact) mass is 667 g/mol. The van der Waals surface area contributed by atoms with Gasteiger partial charge in [-0.2, -0.15) is 0 Å². The highest BCUT2D eigenvalue weighted by molar-refractivity contribution is 6.30. The average Bonchev–Trinajstić information content (AvgIpc) is 3.16. The molecule has 3 aromatic carbocycles. The second-order valence-corrected chi connectivity index (χ2v) is 11.5. The van der Waals surface area contributed by atoms with E-state index in [9.17, 15) is 19.2 Å². The number of hydrogen-bond acceptors (Lipinski definition) is 8. The van der Waals surface area contributed by atoms with Crippen LogP contribution in [-0.4, -0.2) is 80.2 Å². The molecule has 2 atom stereocenters. The van der Waals surface area contributed by atoms with Crippen LogP contribution in [0.4, 0.5) is 4.79 Å². The van der Waals surface area contributed by atoms with E-state index in [0.717, 1.165) is 4.90 Å². The molecule has 0 spiro atoms. The van der Waals surface area contributed by atoms with Crippen molar-refractivity contribution in [3.63, 3.8) is 0 Å². The standard InChI is InChI=1S/C34H38ClN3O9/c1-20(22-8-6-21(7-9-22)12-32(40)41)36-34(43)38-19-31(39)37(18-27-29(46-4)15-26(44-2)16-30(27)47-5)17-24(33(38)42)13-23-14-25(35)10-11-28(23)45-3/h6-11,14-16,20,24H,12-13,17-19H2,1-5H3,(H,36,43)(H,40,41)/t20-,24+/m0/s1. The van der Waals surface area contributed by atoms with Crippen LogP contribution in [0, 0.1) is 5.92 Å². The van der Waals surface area contributed by atoms with E-state index in [1.165, 1.54) is 33.3 Å². The van der Waals surface area contributed by atoms with E-state index < -0.39 is 42.3 Å². The lowest BCUT2D eigenvalue weighted by atomic mass is 9.96. The van der Waals surface area contributed by atoms with Crippen LogP contribution in [0.1, 0.15) is 35.2 Å². The van der Waals surface area contributed by atoms with E-state index in [0.29, 0.717) is 50.3 Å². The third-order valence-electron chi connectivity index (χ3n) is 8.00. The van der Waals surface area contributed by atoms with Gasteiger partial charge >= 0.3 is 12.0 Å². The van der Waals surface area contributed by atoms with Crippen LogP contribution in [0.5, 0.6) is 23.0 Å². The molecule has 0 aliphatic carbocycles. The number of rotatable bonds is 12. The van der Waals surface area contributed by atoms with Gasteiger partial charge in [0.2, 0.25) is 11.8 Å². The first kappa shape index (κ1) is 34.9. The molecule has 1 aliphatic heterocycles. The number of carbonyl (C=O) groups excluding carboxylic acids is 3. The Morgan fingerprint density at radius 1 is 0.936 bits per heavy atom. The summed E-state index contributed by atoms with van der Waals surface area (Å²) in [6, 6.07) is 13.9. The molecule has 1 fully saturated rings. The predicted molar refractivity (Wildman–Crippen MR) is 173 cm³/mol. The summed E-state index contributed by atoms with van der Waals surface area (Å²) in [6.07, 6.45) is 0.00257. The van der Waals surface area contributed by atoms with Crippen molar-refractivity contribution >= 4 is 35.4 Å². The summed E-state index contributed by atoms with van der Waals surface area (Å²) in [7, 11) is 6.01. The number of benzene rings is 3. The van der Waals surface area contributed by atoms with Gasteiger partial charge in [0, 0.05) is 23.7 Å². The molecule has 1 aliphatic rings. The van der Waals surface area contributed by atoms with Crippen LogP contribution in [0.25, 0.3) is 0 Å². The highest BCUT2D eigenvalue weighted by atomic mass is 35.5. The number of aliphatic carboxylic acids is 1. The maximum atomic E-state index is 14.1. The van der Waals surface area contributed by atoms with Gasteiger partial charge in [0.05, 0.1) is 58.9 Å². The Labute approximate surface area is 278 Å². The quantitative estimate of drug-likeness (QED) is 0.285. The highest BCUT2D eigenvalue weighted by Gasteiger charge is 2.39. The van der Waals surface area contributed by atoms with Crippen molar-refractivity contribution in [3.8, 4) is 23.0 Å². The number of halogens is 1. The molecule has 1 heterocycles. The van der Waals surface area contributed by atoms with E-state index in [-0.39, 0.29) is 25.9 Å². The number of nitrogens with zero attached hydrogens (tertiary/aromatic N) is 2. The maximum absolute atomic E-state index is 14.1. The molecule has 0 radical (unpaired) electrons. The number of amides is 4. The zero-order valence-electron chi connectivity index (χ0n) is 26.9. The van der Waals surface area contributed by atoms with Crippen LogP contribution in [0.3, 0.4) is 0 Å². The summed E-state index contributed by atoms with van der Waals surface area (Å²) < 4.78 is 22.1. The highest BCUT2D eigenvalue weighted by Crippen LogP contribution is 2.36. The minimum atomic E-state index is -0.952. The number of carboxylic acid groups (broad SMARTS) is 1. The Morgan fingerprint density at radius 2 is 1.57 bits per heavy atom. The third kappa shape index (κ3) is 8.44. The number of urea groups is 1. The topological polar surface area (TPSA) is 144 Å². The zero-order valence-corrected chi connectivity index (χ0v) is 27.6. The minimum absolute atomic E-state index is 0.0178. The first-order chi connectivity index (χ1) is 22.5. The van der Waals surface area contributed by atoms with Gasteiger partial charge in [0.25, 0.3) is 0 Å². The molecule has 0 unspecified atom stereocenters. The lowest BCUT2D eigenvalue weighted by Gasteiger charge is -2.26. The molecule has 0 saturated carbocycles. The first-order valence-electron chi connectivity index (χ1n) is 14.8. The zero-order chi connectivity index (χ0) is 34.2. The summed E-state index contributed by atoms with van der Waals surface area (Å²) >= 11 is 6.29. The number of ether oxygens (including phenoxy) is 4. The molecule has 4 amide bonds. The van der Waals surface area contributed by atoms with Crippen LogP contribution in [0.2, 0.25) is 5.02 Å². The van der Waals surface area contributed by atoms with Gasteiger partial charge in [-0.3, -0.25) is 19.3 Å². The third-order valence-corrected chi connectivity index (χ3v) is 8.23. The van der Waals surface area contributed by atoms with Gasteiger partial charge in [-0.15, -0.1) is 0 Å². The van der Waals surface area contributed by atoms with E-state index >= 15 is 0 Å². The first-order valence-corrected chi connectivity index (χ1v) is 15.2. The van der Waals surface area contributed by atoms with Crippen molar-refractivity contribution in [3.05, 3.63) is 81.9 Å². The molecule has 0 bridgehead atoms. The molecular formula is C34H38ClN3O9. The second kappa shape index (κ2) is 15.5. The fourth-order valence-electron chi connectivity index (χ4n) is 5.50. The Hall–Kier alpha value is -4.97. The number of carboxylic acids is 1. The fraction of sp³-hybridized carbons (Fsp3) is 0.353. The number of methoxy groups -OCH3 is 4. The molecule has 0 aromatic heterocycles. The van der Waals surface area contributed by atoms with Crippen LogP contribution < -0.4 is 24.3 Å². The number of nitrogens with one attached hydrogen (secondary N) is 1. The Balaban J connectivity index is 1.66. The number of imide groups is 1. The largest absolute Gasteiger partial charge is 0.496 e. The minimum Gasteiger partial charge on any atom is -0.496 e. The van der Waals surface area contributed by atoms with Crippen LogP contribution >= 0.6 is 11.6 Å². The Kier molecular flexibility index (Phi) is 11.5.